The Bertz CT molecular complexity index is 483. The molecule has 5 nitrogen and oxygen atoms in total. The number of hydrogen-bond acceptors (Lipinski definition) is 4. The second kappa shape index (κ2) is 8.01. The summed E-state index contributed by atoms with van der Waals surface area (Å²) in [5, 5.41) is 6.24. The molecule has 0 saturated heterocycles. The largest absolute Gasteiger partial charge is 0.351 e. The van der Waals surface area contributed by atoms with Crippen LogP contribution in [0.15, 0.2) is 0 Å². The molecule has 20 heavy (non-hydrogen) atoms. The van der Waals surface area contributed by atoms with Crippen molar-refractivity contribution in [3.63, 3.8) is 0 Å². The molecule has 112 valence electrons. The SMILES string of the molecule is CCCCC(=O)Nc1sc(C)c(C)c1C(=O)NCCN. The monoisotopic (exact) mass is 297 g/mol. The van der Waals surface area contributed by atoms with Gasteiger partial charge in [-0.2, -0.15) is 0 Å². The molecule has 0 atom stereocenters. The number of anilines is 1. The minimum Gasteiger partial charge on any atom is -0.351 e. The van der Waals surface area contributed by atoms with Crippen LogP contribution in [0.4, 0.5) is 5.00 Å². The van der Waals surface area contributed by atoms with Gasteiger partial charge in [-0.15, -0.1) is 11.3 Å². The topological polar surface area (TPSA) is 84.2 Å². The molecule has 0 saturated carbocycles. The first-order chi connectivity index (χ1) is 9.51. The van der Waals surface area contributed by atoms with Crippen LogP contribution < -0.4 is 16.4 Å². The molecule has 6 heteroatoms. The van der Waals surface area contributed by atoms with Crippen LogP contribution in [-0.4, -0.2) is 24.9 Å². The lowest BCUT2D eigenvalue weighted by Gasteiger charge is -2.08. The number of hydrogen-bond donors (Lipinski definition) is 3. The Hall–Kier alpha value is -1.40. The minimum absolute atomic E-state index is 0.0408. The van der Waals surface area contributed by atoms with Gasteiger partial charge in [-0.25, -0.2) is 0 Å². The number of carbonyl (C=O) groups excluding carboxylic acids is 2. The maximum absolute atomic E-state index is 12.1. The summed E-state index contributed by atoms with van der Waals surface area (Å²) in [6.07, 6.45) is 2.31. The maximum atomic E-state index is 12.1. The van der Waals surface area contributed by atoms with Crippen molar-refractivity contribution in [2.24, 2.45) is 5.73 Å². The van der Waals surface area contributed by atoms with Crippen molar-refractivity contribution in [1.82, 2.24) is 5.32 Å². The fourth-order valence-corrected chi connectivity index (χ4v) is 2.86. The molecule has 0 radical (unpaired) electrons. The van der Waals surface area contributed by atoms with E-state index >= 15 is 0 Å². The number of nitrogens with two attached hydrogens (primary N) is 1. The number of carbonyl (C=O) groups is 2. The highest BCUT2D eigenvalue weighted by atomic mass is 32.1. The zero-order valence-electron chi connectivity index (χ0n) is 12.3. The van der Waals surface area contributed by atoms with Crippen LogP contribution in [0.5, 0.6) is 0 Å². The van der Waals surface area contributed by atoms with Crippen LogP contribution in [-0.2, 0) is 4.79 Å². The molecule has 1 heterocycles. The second-order valence-corrected chi connectivity index (χ2v) is 5.91. The molecule has 0 aliphatic carbocycles. The number of rotatable bonds is 7. The van der Waals surface area contributed by atoms with Crippen molar-refractivity contribution in [2.45, 2.75) is 40.0 Å². The summed E-state index contributed by atoms with van der Waals surface area (Å²) in [4.78, 5) is 25.0. The Balaban J connectivity index is 2.87. The van der Waals surface area contributed by atoms with Crippen molar-refractivity contribution in [3.05, 3.63) is 16.0 Å². The van der Waals surface area contributed by atoms with E-state index in [4.69, 9.17) is 5.73 Å². The van der Waals surface area contributed by atoms with Gasteiger partial charge in [-0.3, -0.25) is 9.59 Å². The molecule has 0 aromatic carbocycles. The maximum Gasteiger partial charge on any atom is 0.254 e. The smallest absolute Gasteiger partial charge is 0.254 e. The standard InChI is InChI=1S/C14H23N3O2S/c1-4-5-6-11(18)17-14-12(9(2)10(3)20-14)13(19)16-8-7-15/h4-8,15H2,1-3H3,(H,16,19)(H,17,18). The molecule has 0 aliphatic heterocycles. The molecular formula is C14H23N3O2S. The molecule has 0 bridgehead atoms. The molecule has 4 N–H and O–H groups in total. The third-order valence-electron chi connectivity index (χ3n) is 3.05. The highest BCUT2D eigenvalue weighted by Crippen LogP contribution is 2.32. The van der Waals surface area contributed by atoms with Crippen molar-refractivity contribution in [2.75, 3.05) is 18.4 Å². The summed E-state index contributed by atoms with van der Waals surface area (Å²) in [5.41, 5.74) is 6.86. The summed E-state index contributed by atoms with van der Waals surface area (Å²) in [6, 6.07) is 0. The lowest BCUT2D eigenvalue weighted by atomic mass is 10.1. The average Bonchev–Trinajstić information content (AvgIpc) is 2.69. The Kier molecular flexibility index (Phi) is 6.67. The second-order valence-electron chi connectivity index (χ2n) is 4.68. The van der Waals surface area contributed by atoms with Gasteiger partial charge in [0.05, 0.1) is 5.56 Å². The number of thiophene rings is 1. The summed E-state index contributed by atoms with van der Waals surface area (Å²) in [7, 11) is 0. The Morgan fingerprint density at radius 1 is 1.30 bits per heavy atom. The van der Waals surface area contributed by atoms with Crippen LogP contribution in [0.3, 0.4) is 0 Å². The van der Waals surface area contributed by atoms with Crippen LogP contribution in [0.1, 0.15) is 47.0 Å². The fourth-order valence-electron chi connectivity index (χ4n) is 1.79. The third-order valence-corrected chi connectivity index (χ3v) is 4.18. The highest BCUT2D eigenvalue weighted by molar-refractivity contribution is 7.16. The predicted octanol–water partition coefficient (Wildman–Crippen LogP) is 2.18. The Labute approximate surface area is 123 Å². The number of aryl methyl sites for hydroxylation is 1. The zero-order chi connectivity index (χ0) is 15.1. The van der Waals surface area contributed by atoms with Gasteiger partial charge >= 0.3 is 0 Å². The Morgan fingerprint density at radius 3 is 2.60 bits per heavy atom. The van der Waals surface area contributed by atoms with E-state index in [9.17, 15) is 9.59 Å². The normalized spacial score (nSPS) is 10.4. The summed E-state index contributed by atoms with van der Waals surface area (Å²) in [6.45, 7) is 6.70. The minimum atomic E-state index is -0.178. The van der Waals surface area contributed by atoms with Crippen LogP contribution >= 0.6 is 11.3 Å². The van der Waals surface area contributed by atoms with Gasteiger partial charge in [0.1, 0.15) is 5.00 Å². The molecule has 1 rings (SSSR count). The lowest BCUT2D eigenvalue weighted by molar-refractivity contribution is -0.116. The van der Waals surface area contributed by atoms with Gasteiger partial charge in [0.15, 0.2) is 0 Å². The molecule has 0 aliphatic rings. The van der Waals surface area contributed by atoms with Gasteiger partial charge < -0.3 is 16.4 Å². The highest BCUT2D eigenvalue weighted by Gasteiger charge is 2.20. The quantitative estimate of drug-likeness (QED) is 0.721. The summed E-state index contributed by atoms with van der Waals surface area (Å²) in [5.74, 6) is -0.218. The number of unbranched alkanes of at least 4 members (excludes halogenated alkanes) is 1. The molecule has 1 aromatic rings. The summed E-state index contributed by atoms with van der Waals surface area (Å²) >= 11 is 1.44. The van der Waals surface area contributed by atoms with Crippen LogP contribution in [0.2, 0.25) is 0 Å². The van der Waals surface area contributed by atoms with Crippen molar-refractivity contribution in [1.29, 1.82) is 0 Å². The number of amides is 2. The average molecular weight is 297 g/mol. The van der Waals surface area contributed by atoms with Gasteiger partial charge in [-0.1, -0.05) is 13.3 Å². The van der Waals surface area contributed by atoms with E-state index in [1.165, 1.54) is 11.3 Å². The lowest BCUT2D eigenvalue weighted by Crippen LogP contribution is -2.30. The molecule has 0 unspecified atom stereocenters. The molecular weight excluding hydrogens is 274 g/mol. The number of nitrogens with one attached hydrogen (secondary N) is 2. The first kappa shape index (κ1) is 16.7. The summed E-state index contributed by atoms with van der Waals surface area (Å²) < 4.78 is 0. The molecule has 0 spiro atoms. The van der Waals surface area contributed by atoms with Gasteiger partial charge in [0.25, 0.3) is 5.91 Å². The van der Waals surface area contributed by atoms with Gasteiger partial charge in [-0.05, 0) is 25.8 Å². The van der Waals surface area contributed by atoms with E-state index < -0.39 is 0 Å². The third kappa shape index (κ3) is 4.31. The molecule has 0 fully saturated rings. The molecule has 1 aromatic heterocycles. The van der Waals surface area contributed by atoms with Crippen molar-refractivity contribution >= 4 is 28.2 Å². The van der Waals surface area contributed by atoms with Crippen molar-refractivity contribution in [3.8, 4) is 0 Å². The first-order valence-corrected chi connectivity index (χ1v) is 7.71. The van der Waals surface area contributed by atoms with E-state index in [1.807, 2.05) is 20.8 Å². The van der Waals surface area contributed by atoms with E-state index in [1.54, 1.807) is 0 Å². The van der Waals surface area contributed by atoms with E-state index in [0.29, 0.717) is 30.1 Å². The molecule has 2 amide bonds. The van der Waals surface area contributed by atoms with E-state index in [2.05, 4.69) is 10.6 Å². The van der Waals surface area contributed by atoms with Gasteiger partial charge in [0, 0.05) is 24.4 Å². The zero-order valence-corrected chi connectivity index (χ0v) is 13.2. The van der Waals surface area contributed by atoms with Crippen LogP contribution in [0.25, 0.3) is 0 Å². The van der Waals surface area contributed by atoms with Crippen LogP contribution in [0, 0.1) is 13.8 Å². The van der Waals surface area contributed by atoms with E-state index in [0.717, 1.165) is 23.3 Å². The Morgan fingerprint density at radius 2 is 2.00 bits per heavy atom. The van der Waals surface area contributed by atoms with Gasteiger partial charge in [0.2, 0.25) is 5.91 Å². The van der Waals surface area contributed by atoms with E-state index in [-0.39, 0.29) is 11.8 Å². The van der Waals surface area contributed by atoms with Crippen molar-refractivity contribution < 1.29 is 9.59 Å². The first-order valence-electron chi connectivity index (χ1n) is 6.89. The fraction of sp³-hybridized carbons (Fsp3) is 0.571. The predicted molar refractivity (Wildman–Crippen MR) is 83.3 cm³/mol.